The standard InChI is InChI=1S/3C10H9NO2.Al/c3*1-6-5-9(13)11-10-7(6)3-2-4-8(10)12;/h3*2-5,12H,1H3,(H,11,13);/q;;;+3/p-3. The van der Waals surface area contributed by atoms with Crippen LogP contribution in [-0.2, 0) is 0 Å². The second-order valence-corrected chi connectivity index (χ2v) is 8.99. The molecule has 9 nitrogen and oxygen atoms in total. The van der Waals surface area contributed by atoms with E-state index in [1.54, 1.807) is 18.2 Å². The normalized spacial score (nSPS) is 10.3. The Labute approximate surface area is 238 Å². The maximum atomic E-state index is 11.3. The summed E-state index contributed by atoms with van der Waals surface area (Å²) >= 11 is 0. The van der Waals surface area contributed by atoms with E-state index in [2.05, 4.69) is 15.0 Å². The molecule has 0 atom stereocenters. The molecule has 0 fully saturated rings. The predicted molar refractivity (Wildman–Crippen MR) is 152 cm³/mol. The Kier molecular flexibility index (Phi) is 9.22. The zero-order valence-corrected chi connectivity index (χ0v) is 23.1. The third-order valence-corrected chi connectivity index (χ3v) is 6.14. The van der Waals surface area contributed by atoms with Gasteiger partial charge >= 0.3 is 17.4 Å². The van der Waals surface area contributed by atoms with Crippen LogP contribution in [0.1, 0.15) is 16.7 Å². The van der Waals surface area contributed by atoms with Crippen molar-refractivity contribution in [2.75, 3.05) is 0 Å². The number of para-hydroxylation sites is 3. The van der Waals surface area contributed by atoms with Gasteiger partial charge in [-0.3, -0.25) is 14.4 Å². The summed E-state index contributed by atoms with van der Waals surface area (Å²) in [6.07, 6.45) is 0. The maximum Gasteiger partial charge on any atom is 3.00 e. The van der Waals surface area contributed by atoms with Gasteiger partial charge in [-0.15, -0.1) is 0 Å². The first-order chi connectivity index (χ1) is 18.5. The molecule has 6 aromatic rings. The van der Waals surface area contributed by atoms with Crippen LogP contribution in [-0.4, -0.2) is 32.3 Å². The number of aryl methyl sites for hydroxylation is 3. The first-order valence-electron chi connectivity index (χ1n) is 11.9. The van der Waals surface area contributed by atoms with Gasteiger partial charge in [0.05, 0.1) is 0 Å². The van der Waals surface area contributed by atoms with Gasteiger partial charge in [0, 0.05) is 50.9 Å². The molecule has 10 heteroatoms. The van der Waals surface area contributed by atoms with Crippen molar-refractivity contribution < 1.29 is 15.3 Å². The minimum Gasteiger partial charge on any atom is -0.871 e. The quantitative estimate of drug-likeness (QED) is 0.246. The van der Waals surface area contributed by atoms with Crippen molar-refractivity contribution in [1.29, 1.82) is 0 Å². The maximum absolute atomic E-state index is 11.3. The number of nitrogens with one attached hydrogen (secondary N) is 3. The molecule has 0 aliphatic carbocycles. The topological polar surface area (TPSA) is 168 Å². The molecule has 0 bridgehead atoms. The largest absolute Gasteiger partial charge is 3.00 e. The van der Waals surface area contributed by atoms with Crippen LogP contribution in [0.3, 0.4) is 0 Å². The molecule has 3 aromatic carbocycles. The van der Waals surface area contributed by atoms with Gasteiger partial charge in [0.1, 0.15) is 0 Å². The summed E-state index contributed by atoms with van der Waals surface area (Å²) < 4.78 is 0. The minimum absolute atomic E-state index is 0. The zero-order chi connectivity index (χ0) is 28.3. The number of fused-ring (bicyclic) bond motifs is 3. The van der Waals surface area contributed by atoms with Crippen molar-refractivity contribution in [2.24, 2.45) is 0 Å². The molecule has 0 saturated heterocycles. The van der Waals surface area contributed by atoms with Gasteiger partial charge in [-0.25, -0.2) is 0 Å². The van der Waals surface area contributed by atoms with Crippen LogP contribution in [0.4, 0.5) is 0 Å². The van der Waals surface area contributed by atoms with Crippen LogP contribution >= 0.6 is 0 Å². The van der Waals surface area contributed by atoms with Crippen molar-refractivity contribution in [3.63, 3.8) is 0 Å². The number of aromatic nitrogens is 3. The van der Waals surface area contributed by atoms with Crippen molar-refractivity contribution >= 4 is 50.1 Å². The molecule has 3 N–H and O–H groups in total. The average Bonchev–Trinajstić information content (AvgIpc) is 2.87. The molecule has 0 aliphatic rings. The number of aromatic amines is 3. The van der Waals surface area contributed by atoms with Gasteiger partial charge in [0.15, 0.2) is 0 Å². The molecular weight excluding hydrogens is 525 g/mol. The Balaban J connectivity index is 0.000000163. The number of benzene rings is 3. The van der Waals surface area contributed by atoms with E-state index in [0.29, 0.717) is 16.6 Å². The van der Waals surface area contributed by atoms with Crippen LogP contribution < -0.4 is 32.0 Å². The Hall–Kier alpha value is -4.78. The molecule has 0 unspecified atom stereocenters. The average molecular weight is 550 g/mol. The Bertz CT molecular complexity index is 1780. The van der Waals surface area contributed by atoms with E-state index in [9.17, 15) is 29.7 Å². The Morgan fingerprint density at radius 1 is 0.475 bits per heavy atom. The number of H-pyrrole nitrogens is 3. The Morgan fingerprint density at radius 3 is 0.975 bits per heavy atom. The molecular formula is C30H24AlN3O6. The fourth-order valence-electron chi connectivity index (χ4n) is 4.27. The van der Waals surface area contributed by atoms with Crippen LogP contribution in [0.2, 0.25) is 0 Å². The van der Waals surface area contributed by atoms with E-state index in [-0.39, 0.29) is 51.3 Å². The molecule has 6 rings (SSSR count). The number of pyridine rings is 3. The van der Waals surface area contributed by atoms with Gasteiger partial charge in [0.2, 0.25) is 16.7 Å². The van der Waals surface area contributed by atoms with Crippen molar-refractivity contribution in [3.8, 4) is 17.2 Å². The number of hydrogen-bond donors (Lipinski definition) is 3. The van der Waals surface area contributed by atoms with Crippen LogP contribution in [0.5, 0.6) is 17.2 Å². The summed E-state index contributed by atoms with van der Waals surface area (Å²) in [5.74, 6) is -0.421. The van der Waals surface area contributed by atoms with Crippen molar-refractivity contribution in [1.82, 2.24) is 15.0 Å². The molecule has 3 aromatic heterocycles. The van der Waals surface area contributed by atoms with Gasteiger partial charge in [-0.2, -0.15) is 0 Å². The van der Waals surface area contributed by atoms with Gasteiger partial charge in [0.25, 0.3) is 0 Å². The summed E-state index contributed by atoms with van der Waals surface area (Å²) in [7, 11) is 0. The third kappa shape index (κ3) is 6.43. The smallest absolute Gasteiger partial charge is 0.871 e. The third-order valence-electron chi connectivity index (χ3n) is 6.14. The van der Waals surface area contributed by atoms with Crippen LogP contribution in [0.15, 0.2) is 87.2 Å². The van der Waals surface area contributed by atoms with E-state index in [0.717, 1.165) is 32.8 Å². The van der Waals surface area contributed by atoms with Crippen molar-refractivity contribution in [2.45, 2.75) is 20.8 Å². The van der Waals surface area contributed by atoms with E-state index in [4.69, 9.17) is 0 Å². The molecule has 0 amide bonds. The fourth-order valence-corrected chi connectivity index (χ4v) is 4.27. The first-order valence-corrected chi connectivity index (χ1v) is 11.9. The monoisotopic (exact) mass is 549 g/mol. The first kappa shape index (κ1) is 29.8. The second-order valence-electron chi connectivity index (χ2n) is 8.99. The fraction of sp³-hybridized carbons (Fsp3) is 0.100. The minimum atomic E-state index is -0.228. The Morgan fingerprint density at radius 2 is 0.725 bits per heavy atom. The van der Waals surface area contributed by atoms with E-state index in [1.165, 1.54) is 36.4 Å². The zero-order valence-electron chi connectivity index (χ0n) is 22.0. The van der Waals surface area contributed by atoms with E-state index in [1.807, 2.05) is 39.0 Å². The predicted octanol–water partition coefficient (Wildman–Crippen LogP) is 2.35. The summed E-state index contributed by atoms with van der Waals surface area (Å²) in [6.45, 7) is 5.45. The van der Waals surface area contributed by atoms with Gasteiger partial charge in [-0.05, 0) is 37.5 Å². The number of hydrogen-bond acceptors (Lipinski definition) is 6. The van der Waals surface area contributed by atoms with Crippen molar-refractivity contribution in [3.05, 3.63) is 121 Å². The molecule has 0 spiro atoms. The van der Waals surface area contributed by atoms with E-state index >= 15 is 0 Å². The summed E-state index contributed by atoms with van der Waals surface area (Å²) in [5, 5.41) is 36.4. The summed E-state index contributed by atoms with van der Waals surface area (Å²) in [4.78, 5) is 40.8. The molecule has 0 aliphatic heterocycles. The SMILES string of the molecule is Cc1cc(=O)[nH]c2c([O-])cccc12.Cc1cc(=O)[nH]c2c([O-])cccc12.Cc1cc(=O)[nH]c2c([O-])cccc12.[Al+3]. The van der Waals surface area contributed by atoms with Gasteiger partial charge < -0.3 is 30.3 Å². The summed E-state index contributed by atoms with van der Waals surface area (Å²) in [6, 6.07) is 19.3. The van der Waals surface area contributed by atoms with E-state index < -0.39 is 0 Å². The molecule has 3 heterocycles. The molecule has 40 heavy (non-hydrogen) atoms. The van der Waals surface area contributed by atoms with Crippen LogP contribution in [0, 0.1) is 20.8 Å². The molecule has 0 saturated carbocycles. The molecule has 0 radical (unpaired) electrons. The van der Waals surface area contributed by atoms with Crippen LogP contribution in [0.25, 0.3) is 32.7 Å². The second kappa shape index (κ2) is 12.4. The summed E-state index contributed by atoms with van der Waals surface area (Å²) in [5.41, 5.74) is 2.99. The number of rotatable bonds is 0. The molecule has 198 valence electrons. The van der Waals surface area contributed by atoms with Gasteiger partial charge in [-0.1, -0.05) is 71.8 Å².